The maximum Gasteiger partial charge on any atom is 0.361 e. The molecule has 0 aliphatic heterocycles. The average Bonchev–Trinajstić information content (AvgIpc) is 3.64. The summed E-state index contributed by atoms with van der Waals surface area (Å²) in [5, 5.41) is 9.75. The van der Waals surface area contributed by atoms with Crippen LogP contribution in [-0.2, 0) is 33.3 Å². The van der Waals surface area contributed by atoms with Crippen molar-refractivity contribution in [3.8, 4) is 0 Å². The summed E-state index contributed by atoms with van der Waals surface area (Å²) in [5.74, 6) is -2.00. The van der Waals surface area contributed by atoms with E-state index in [2.05, 4.69) is 111 Å². The lowest BCUT2D eigenvalue weighted by Crippen LogP contribution is -2.40. The van der Waals surface area contributed by atoms with Crippen LogP contribution in [0, 0.1) is 0 Å². The van der Waals surface area contributed by atoms with Gasteiger partial charge in [-0.1, -0.05) is 323 Å². The molecule has 1 N–H and O–H groups in total. The van der Waals surface area contributed by atoms with Crippen LogP contribution in [0.2, 0.25) is 0 Å². The molecule has 2 atom stereocenters. The summed E-state index contributed by atoms with van der Waals surface area (Å²) in [4.78, 5) is 37.7. The number of carbonyl (C=O) groups is 3. The van der Waals surface area contributed by atoms with Gasteiger partial charge in [0, 0.05) is 12.8 Å². The first-order chi connectivity index (χ1) is 43.6. The van der Waals surface area contributed by atoms with E-state index < -0.39 is 24.3 Å². The standard InChI is InChI=1S/C80H141NO8/c1-6-8-10-12-14-16-18-20-22-24-26-28-30-32-33-34-35-36-37-38-39-40-41-42-43-44-45-47-48-50-52-54-56-58-60-62-64-66-68-70-77(82)87-74-76(75-88-80(79(84)85)86-73-72-81(3,4)5)89-78(83)71-69-67-65-63-61-59-57-55-53-51-49-46-31-29-27-25-23-21-19-17-15-13-11-9-7-2/h9,11,15,17-18,20-21,23-24,26-27,29-30,32,46,49,76,80H,6-8,10,12-14,16,19,22,25,28,31,33-45,47-48,50-75H2,1-5H3/p+1/b11-9-,17-15-,20-18-,23-21-,26-24-,29-27-,32-30-,49-46-. The first-order valence-corrected chi connectivity index (χ1v) is 37.4. The van der Waals surface area contributed by atoms with Crippen LogP contribution in [0.4, 0.5) is 0 Å². The number of allylic oxidation sites excluding steroid dienone is 16. The van der Waals surface area contributed by atoms with Crippen molar-refractivity contribution in [1.29, 1.82) is 0 Å². The van der Waals surface area contributed by atoms with E-state index in [-0.39, 0.29) is 32.2 Å². The highest BCUT2D eigenvalue weighted by Gasteiger charge is 2.25. The summed E-state index contributed by atoms with van der Waals surface area (Å²) in [6.07, 6.45) is 94.0. The summed E-state index contributed by atoms with van der Waals surface area (Å²) in [7, 11) is 5.98. The first kappa shape index (κ1) is 85.2. The van der Waals surface area contributed by atoms with Crippen LogP contribution >= 0.6 is 0 Å². The van der Waals surface area contributed by atoms with E-state index in [1.807, 2.05) is 21.1 Å². The Morgan fingerprint density at radius 1 is 0.348 bits per heavy atom. The van der Waals surface area contributed by atoms with Crippen molar-refractivity contribution in [3.63, 3.8) is 0 Å². The minimum absolute atomic E-state index is 0.184. The van der Waals surface area contributed by atoms with Gasteiger partial charge in [-0.15, -0.1) is 0 Å². The topological polar surface area (TPSA) is 108 Å². The Balaban J connectivity index is 4.01. The molecule has 0 spiro atoms. The Bertz CT molecular complexity index is 1790. The fourth-order valence-electron chi connectivity index (χ4n) is 10.6. The van der Waals surface area contributed by atoms with Gasteiger partial charge in [-0.05, 0) is 96.3 Å². The van der Waals surface area contributed by atoms with Gasteiger partial charge in [0.1, 0.15) is 13.2 Å². The number of quaternary nitrogens is 1. The summed E-state index contributed by atoms with van der Waals surface area (Å²) >= 11 is 0. The number of esters is 2. The number of hydrogen-bond donors (Lipinski definition) is 1. The Morgan fingerprint density at radius 2 is 0.640 bits per heavy atom. The van der Waals surface area contributed by atoms with Gasteiger partial charge in [-0.3, -0.25) is 9.59 Å². The lowest BCUT2D eigenvalue weighted by Gasteiger charge is -2.25. The van der Waals surface area contributed by atoms with E-state index in [9.17, 15) is 19.5 Å². The van der Waals surface area contributed by atoms with E-state index in [0.717, 1.165) is 89.9 Å². The number of carbonyl (C=O) groups excluding carboxylic acids is 2. The Morgan fingerprint density at radius 3 is 0.955 bits per heavy atom. The molecular formula is C80H142NO8+. The highest BCUT2D eigenvalue weighted by molar-refractivity contribution is 5.71. The van der Waals surface area contributed by atoms with E-state index in [1.165, 1.54) is 212 Å². The third kappa shape index (κ3) is 71.5. The summed E-state index contributed by atoms with van der Waals surface area (Å²) < 4.78 is 23.0. The smallest absolute Gasteiger partial charge is 0.361 e. The predicted molar refractivity (Wildman–Crippen MR) is 382 cm³/mol. The fourth-order valence-corrected chi connectivity index (χ4v) is 10.6. The van der Waals surface area contributed by atoms with E-state index >= 15 is 0 Å². The number of unbranched alkanes of at least 4 members (excludes halogenated alkanes) is 38. The molecule has 0 saturated heterocycles. The number of carboxylic acid groups (broad SMARTS) is 1. The molecule has 0 aromatic carbocycles. The van der Waals surface area contributed by atoms with Crippen molar-refractivity contribution < 1.29 is 42.9 Å². The van der Waals surface area contributed by atoms with Gasteiger partial charge >= 0.3 is 17.9 Å². The Labute approximate surface area is 550 Å². The predicted octanol–water partition coefficient (Wildman–Crippen LogP) is 23.6. The van der Waals surface area contributed by atoms with Gasteiger partial charge in [0.15, 0.2) is 6.10 Å². The lowest BCUT2D eigenvalue weighted by molar-refractivity contribution is -0.870. The molecule has 514 valence electrons. The van der Waals surface area contributed by atoms with Crippen molar-refractivity contribution in [2.45, 2.75) is 347 Å². The van der Waals surface area contributed by atoms with Gasteiger partial charge in [0.2, 0.25) is 0 Å². The number of nitrogens with zero attached hydrogens (tertiary/aromatic N) is 1. The number of ether oxygens (including phenoxy) is 4. The molecule has 0 bridgehead atoms. The second-order valence-electron chi connectivity index (χ2n) is 26.2. The normalized spacial score (nSPS) is 13.2. The zero-order valence-corrected chi connectivity index (χ0v) is 58.8. The number of rotatable bonds is 69. The molecule has 0 aromatic heterocycles. The van der Waals surface area contributed by atoms with Crippen molar-refractivity contribution >= 4 is 17.9 Å². The molecular weight excluding hydrogens is 1100 g/mol. The molecule has 9 nitrogen and oxygen atoms in total. The Hall–Kier alpha value is -3.79. The third-order valence-corrected chi connectivity index (χ3v) is 16.3. The summed E-state index contributed by atoms with van der Waals surface area (Å²) in [6, 6.07) is 0. The zero-order chi connectivity index (χ0) is 64.7. The molecule has 9 heteroatoms. The van der Waals surface area contributed by atoms with Gasteiger partial charge in [-0.25, -0.2) is 4.79 Å². The van der Waals surface area contributed by atoms with Gasteiger partial charge in [-0.2, -0.15) is 0 Å². The molecule has 89 heavy (non-hydrogen) atoms. The van der Waals surface area contributed by atoms with Gasteiger partial charge in [0.25, 0.3) is 6.29 Å². The second kappa shape index (κ2) is 70.1. The quantitative estimate of drug-likeness (QED) is 0.0211. The highest BCUT2D eigenvalue weighted by Crippen LogP contribution is 2.18. The molecule has 0 aliphatic rings. The van der Waals surface area contributed by atoms with Crippen molar-refractivity contribution in [2.75, 3.05) is 47.5 Å². The molecule has 0 aliphatic carbocycles. The molecule has 0 fully saturated rings. The summed E-state index contributed by atoms with van der Waals surface area (Å²) in [6.45, 7) is 4.78. The van der Waals surface area contributed by atoms with Crippen LogP contribution in [-0.4, -0.2) is 87.4 Å². The second-order valence-corrected chi connectivity index (χ2v) is 26.2. The van der Waals surface area contributed by atoms with Crippen LogP contribution in [0.15, 0.2) is 97.2 Å². The van der Waals surface area contributed by atoms with Gasteiger partial charge in [0.05, 0.1) is 34.4 Å². The number of likely N-dealkylation sites (N-methyl/N-ethyl adjacent to an activating group) is 1. The van der Waals surface area contributed by atoms with E-state index in [1.54, 1.807) is 0 Å². The zero-order valence-electron chi connectivity index (χ0n) is 58.8. The van der Waals surface area contributed by atoms with E-state index in [0.29, 0.717) is 23.9 Å². The Kier molecular flexibility index (Phi) is 67.1. The minimum Gasteiger partial charge on any atom is -0.477 e. The maximum atomic E-state index is 12.9. The molecule has 0 heterocycles. The van der Waals surface area contributed by atoms with Crippen molar-refractivity contribution in [1.82, 2.24) is 0 Å². The van der Waals surface area contributed by atoms with Crippen LogP contribution in [0.3, 0.4) is 0 Å². The number of hydrogen-bond acceptors (Lipinski definition) is 7. The molecule has 0 radical (unpaired) electrons. The average molecular weight is 1250 g/mol. The van der Waals surface area contributed by atoms with Crippen LogP contribution in [0.1, 0.15) is 335 Å². The lowest BCUT2D eigenvalue weighted by atomic mass is 10.0. The van der Waals surface area contributed by atoms with Crippen molar-refractivity contribution in [3.05, 3.63) is 97.2 Å². The number of carboxylic acids is 1. The SMILES string of the molecule is CC/C=C\C/C=C\C/C=C\C/C=C\C/C=C\CCCCCCCCCCCC(=O)OC(COC(=O)CCCCCCCCCCCCCCCCCCCCCCCCCC/C=C\C/C=C\C/C=C\CCCCCCC)COC(OCC[N+](C)(C)C)C(=O)O. The first-order valence-electron chi connectivity index (χ1n) is 37.4. The van der Waals surface area contributed by atoms with Gasteiger partial charge < -0.3 is 28.5 Å². The third-order valence-electron chi connectivity index (χ3n) is 16.3. The number of aliphatic carboxylic acids is 1. The molecule has 2 unspecified atom stereocenters. The van der Waals surface area contributed by atoms with Crippen molar-refractivity contribution in [2.24, 2.45) is 0 Å². The molecule has 0 amide bonds. The molecule has 0 saturated carbocycles. The van der Waals surface area contributed by atoms with Crippen LogP contribution in [0.25, 0.3) is 0 Å². The fraction of sp³-hybridized carbons (Fsp3) is 0.762. The largest absolute Gasteiger partial charge is 0.477 e. The molecule has 0 rings (SSSR count). The highest BCUT2D eigenvalue weighted by atomic mass is 16.7. The monoisotopic (exact) mass is 1250 g/mol. The van der Waals surface area contributed by atoms with Crippen LogP contribution < -0.4 is 0 Å². The van der Waals surface area contributed by atoms with Crippen LogP contribution in [0.5, 0.6) is 0 Å². The summed E-state index contributed by atoms with van der Waals surface area (Å²) in [5.41, 5.74) is 0. The minimum atomic E-state index is -1.52. The molecule has 0 aromatic rings. The van der Waals surface area contributed by atoms with E-state index in [4.69, 9.17) is 18.9 Å². The maximum absolute atomic E-state index is 12.9.